The zero-order chi connectivity index (χ0) is 8.86. The number of rotatable bonds is 0. The molecule has 0 atom stereocenters. The maximum absolute atomic E-state index is 9.71. The van der Waals surface area contributed by atoms with E-state index in [-0.39, 0.29) is 11.2 Å². The van der Waals surface area contributed by atoms with Crippen LogP contribution < -0.4 is 4.99 Å². The van der Waals surface area contributed by atoms with Crippen LogP contribution in [0.15, 0.2) is 0 Å². The molecule has 3 heteroatoms. The SMILES string of the molecule is CC1=[NH+]C(C)(C)N(O)C1(C)C. The Balaban J connectivity index is 3.04. The monoisotopic (exact) mass is 157 g/mol. The molecule has 0 unspecified atom stereocenters. The van der Waals surface area contributed by atoms with Gasteiger partial charge in [-0.3, -0.25) is 0 Å². The van der Waals surface area contributed by atoms with E-state index in [0.29, 0.717) is 0 Å². The number of hydroxylamine groups is 2. The van der Waals surface area contributed by atoms with E-state index in [4.69, 9.17) is 0 Å². The van der Waals surface area contributed by atoms with E-state index >= 15 is 0 Å². The van der Waals surface area contributed by atoms with Gasteiger partial charge in [0.05, 0.1) is 0 Å². The third kappa shape index (κ3) is 1.08. The van der Waals surface area contributed by atoms with E-state index in [0.717, 1.165) is 5.71 Å². The smallest absolute Gasteiger partial charge is 0.233 e. The number of hydrogen-bond donors (Lipinski definition) is 2. The van der Waals surface area contributed by atoms with Gasteiger partial charge in [-0.1, -0.05) is 0 Å². The van der Waals surface area contributed by atoms with Crippen molar-refractivity contribution in [1.82, 2.24) is 5.06 Å². The minimum atomic E-state index is -0.340. The van der Waals surface area contributed by atoms with Crippen molar-refractivity contribution < 1.29 is 10.2 Å². The third-order valence-corrected chi connectivity index (χ3v) is 2.47. The molecule has 1 heterocycles. The zero-order valence-corrected chi connectivity index (χ0v) is 7.89. The molecular weight excluding hydrogens is 140 g/mol. The molecule has 0 aromatic carbocycles. The first-order valence-electron chi connectivity index (χ1n) is 3.90. The number of nitrogens with one attached hydrogen (secondary N) is 1. The summed E-state index contributed by atoms with van der Waals surface area (Å²) in [5.74, 6) is 0. The quantitative estimate of drug-likeness (QED) is 0.509. The van der Waals surface area contributed by atoms with E-state index in [1.54, 1.807) is 0 Å². The Morgan fingerprint density at radius 1 is 1.27 bits per heavy atom. The van der Waals surface area contributed by atoms with Crippen LogP contribution >= 0.6 is 0 Å². The molecule has 0 amide bonds. The number of nitrogens with zero attached hydrogens (tertiary/aromatic N) is 1. The molecule has 0 aliphatic carbocycles. The molecule has 64 valence electrons. The van der Waals surface area contributed by atoms with Gasteiger partial charge in [-0.25, -0.2) is 4.99 Å². The van der Waals surface area contributed by atoms with Crippen LogP contribution in [0.25, 0.3) is 0 Å². The highest BCUT2D eigenvalue weighted by atomic mass is 16.5. The van der Waals surface area contributed by atoms with Gasteiger partial charge >= 0.3 is 0 Å². The normalized spacial score (nSPS) is 28.7. The van der Waals surface area contributed by atoms with Gasteiger partial charge < -0.3 is 5.21 Å². The average molecular weight is 157 g/mol. The Kier molecular flexibility index (Phi) is 1.62. The predicted octanol–water partition coefficient (Wildman–Crippen LogP) is -0.253. The highest BCUT2D eigenvalue weighted by Crippen LogP contribution is 2.21. The molecule has 3 nitrogen and oxygen atoms in total. The average Bonchev–Trinajstić information content (AvgIpc) is 1.94. The molecule has 0 aromatic heterocycles. The van der Waals surface area contributed by atoms with Crippen LogP contribution in [0, 0.1) is 0 Å². The lowest BCUT2D eigenvalue weighted by molar-refractivity contribution is -0.585. The molecule has 1 rings (SSSR count). The lowest BCUT2D eigenvalue weighted by Gasteiger charge is -2.28. The van der Waals surface area contributed by atoms with Crippen LogP contribution in [-0.2, 0) is 0 Å². The van der Waals surface area contributed by atoms with Crippen molar-refractivity contribution in [3.8, 4) is 0 Å². The van der Waals surface area contributed by atoms with Gasteiger partial charge in [-0.05, 0) is 13.8 Å². The Bertz CT molecular complexity index is 206. The van der Waals surface area contributed by atoms with Gasteiger partial charge in [0.15, 0.2) is 5.71 Å². The summed E-state index contributed by atoms with van der Waals surface area (Å²) in [5.41, 5.74) is 0.502. The minimum absolute atomic E-state index is 0.260. The summed E-state index contributed by atoms with van der Waals surface area (Å²) in [5, 5.41) is 11.1. The standard InChI is InChI=1S/C8H16N2O/c1-6-7(2,3)10(11)8(4,5)9-6/h11H,1-5H3/p+1. The molecule has 0 fully saturated rings. The third-order valence-electron chi connectivity index (χ3n) is 2.47. The van der Waals surface area contributed by atoms with E-state index in [2.05, 4.69) is 4.99 Å². The second-order valence-corrected chi connectivity index (χ2v) is 4.18. The van der Waals surface area contributed by atoms with Crippen molar-refractivity contribution in [3.63, 3.8) is 0 Å². The summed E-state index contributed by atoms with van der Waals surface area (Å²) >= 11 is 0. The summed E-state index contributed by atoms with van der Waals surface area (Å²) < 4.78 is 0. The van der Waals surface area contributed by atoms with Crippen LogP contribution in [0.4, 0.5) is 0 Å². The first-order chi connectivity index (χ1) is 4.78. The van der Waals surface area contributed by atoms with Crippen molar-refractivity contribution in [2.45, 2.75) is 45.8 Å². The molecule has 0 saturated carbocycles. The highest BCUT2D eigenvalue weighted by molar-refractivity contribution is 5.86. The molecule has 0 spiro atoms. The fraction of sp³-hybridized carbons (Fsp3) is 0.875. The Hall–Kier alpha value is -0.410. The first-order valence-corrected chi connectivity index (χ1v) is 3.90. The van der Waals surface area contributed by atoms with Crippen LogP contribution in [0.2, 0.25) is 0 Å². The van der Waals surface area contributed by atoms with Gasteiger partial charge in [-0.15, -0.1) is 5.06 Å². The van der Waals surface area contributed by atoms with Crippen LogP contribution in [0.5, 0.6) is 0 Å². The molecule has 0 radical (unpaired) electrons. The highest BCUT2D eigenvalue weighted by Gasteiger charge is 2.51. The van der Waals surface area contributed by atoms with Gasteiger partial charge in [0.25, 0.3) is 0 Å². The fourth-order valence-electron chi connectivity index (χ4n) is 1.52. The molecule has 1 aliphatic rings. The molecule has 0 bridgehead atoms. The van der Waals surface area contributed by atoms with E-state index < -0.39 is 0 Å². The maximum atomic E-state index is 9.71. The van der Waals surface area contributed by atoms with E-state index in [9.17, 15) is 5.21 Å². The predicted molar refractivity (Wildman–Crippen MR) is 43.4 cm³/mol. The van der Waals surface area contributed by atoms with Crippen LogP contribution in [0.1, 0.15) is 34.6 Å². The van der Waals surface area contributed by atoms with E-state index in [1.165, 1.54) is 5.06 Å². The van der Waals surface area contributed by atoms with Crippen molar-refractivity contribution >= 4 is 5.71 Å². The van der Waals surface area contributed by atoms with Crippen molar-refractivity contribution in [2.75, 3.05) is 0 Å². The van der Waals surface area contributed by atoms with Crippen molar-refractivity contribution in [3.05, 3.63) is 0 Å². The topological polar surface area (TPSA) is 37.4 Å². The van der Waals surface area contributed by atoms with Gasteiger partial charge in [-0.2, -0.15) is 0 Å². The van der Waals surface area contributed by atoms with Gasteiger partial charge in [0.1, 0.15) is 5.54 Å². The Labute approximate surface area is 67.7 Å². The lowest BCUT2D eigenvalue weighted by atomic mass is 10.0. The summed E-state index contributed by atoms with van der Waals surface area (Å²) in [7, 11) is 0. The first kappa shape index (κ1) is 8.68. The van der Waals surface area contributed by atoms with Crippen molar-refractivity contribution in [1.29, 1.82) is 0 Å². The second kappa shape index (κ2) is 2.05. The molecule has 11 heavy (non-hydrogen) atoms. The van der Waals surface area contributed by atoms with Gasteiger partial charge in [0, 0.05) is 20.8 Å². The van der Waals surface area contributed by atoms with Crippen molar-refractivity contribution in [2.24, 2.45) is 0 Å². The number of hydrogen-bond acceptors (Lipinski definition) is 2. The largest absolute Gasteiger partial charge is 0.307 e. The molecule has 0 aromatic rings. The summed E-state index contributed by atoms with van der Waals surface area (Å²) in [6, 6.07) is 0. The fourth-order valence-corrected chi connectivity index (χ4v) is 1.52. The maximum Gasteiger partial charge on any atom is 0.233 e. The van der Waals surface area contributed by atoms with Gasteiger partial charge in [0.2, 0.25) is 5.66 Å². The minimum Gasteiger partial charge on any atom is -0.307 e. The van der Waals surface area contributed by atoms with Crippen LogP contribution in [-0.4, -0.2) is 27.2 Å². The molecular formula is C8H17N2O+. The van der Waals surface area contributed by atoms with Crippen LogP contribution in [0.3, 0.4) is 0 Å². The zero-order valence-electron chi connectivity index (χ0n) is 7.89. The summed E-state index contributed by atoms with van der Waals surface area (Å²) in [6.45, 7) is 9.88. The second-order valence-electron chi connectivity index (χ2n) is 4.18. The molecule has 1 aliphatic heterocycles. The molecule has 0 saturated heterocycles. The Morgan fingerprint density at radius 3 is 1.82 bits per heavy atom. The molecule has 2 N–H and O–H groups in total. The summed E-state index contributed by atoms with van der Waals surface area (Å²) in [4.78, 5) is 3.23. The lowest BCUT2D eigenvalue weighted by Crippen LogP contribution is -2.84. The summed E-state index contributed by atoms with van der Waals surface area (Å²) in [6.07, 6.45) is 0. The Morgan fingerprint density at radius 2 is 1.73 bits per heavy atom. The van der Waals surface area contributed by atoms with E-state index in [1.807, 2.05) is 34.6 Å².